The maximum atomic E-state index is 12.8. The number of ether oxygens (including phenoxy) is 1. The van der Waals surface area contributed by atoms with E-state index < -0.39 is 15.9 Å². The summed E-state index contributed by atoms with van der Waals surface area (Å²) in [5.74, 6) is 0.101. The highest BCUT2D eigenvalue weighted by atomic mass is 35.5. The van der Waals surface area contributed by atoms with Crippen LogP contribution in [0.5, 0.6) is 5.75 Å². The Bertz CT molecular complexity index is 952. The second kappa shape index (κ2) is 8.85. The van der Waals surface area contributed by atoms with Crippen LogP contribution in [0.2, 0.25) is 0 Å². The van der Waals surface area contributed by atoms with Gasteiger partial charge in [0.15, 0.2) is 0 Å². The van der Waals surface area contributed by atoms with Gasteiger partial charge >= 0.3 is 0 Å². The molecule has 0 unspecified atom stereocenters. The van der Waals surface area contributed by atoms with Gasteiger partial charge in [0.2, 0.25) is 10.0 Å². The molecule has 0 radical (unpaired) electrons. The second-order valence-electron chi connectivity index (χ2n) is 6.55. The highest BCUT2D eigenvalue weighted by Gasteiger charge is 2.28. The van der Waals surface area contributed by atoms with Crippen molar-refractivity contribution in [3.8, 4) is 5.75 Å². The minimum Gasteiger partial charge on any atom is -0.495 e. The number of carbonyl (C=O) groups excluding carboxylic acids is 1. The molecule has 3 rings (SSSR count). The van der Waals surface area contributed by atoms with Gasteiger partial charge < -0.3 is 20.4 Å². The average molecular weight is 429 g/mol. The predicted molar refractivity (Wildman–Crippen MR) is 111 cm³/mol. The third-order valence-electron chi connectivity index (χ3n) is 4.65. The Hall–Kier alpha value is -2.23. The van der Waals surface area contributed by atoms with E-state index in [4.69, 9.17) is 10.5 Å². The highest BCUT2D eigenvalue weighted by molar-refractivity contribution is 7.89. The highest BCUT2D eigenvalue weighted by Crippen LogP contribution is 2.26. The Labute approximate surface area is 171 Å². The molecule has 8 nitrogen and oxygen atoms in total. The molecule has 1 aliphatic rings. The number of anilines is 2. The van der Waals surface area contributed by atoms with Crippen LogP contribution in [0, 0.1) is 0 Å². The van der Waals surface area contributed by atoms with Gasteiger partial charge in [-0.2, -0.15) is 4.31 Å². The number of rotatable bonds is 5. The number of hydrogen-bond acceptors (Lipinski definition) is 5. The molecule has 1 aliphatic heterocycles. The van der Waals surface area contributed by atoms with Crippen LogP contribution < -0.4 is 15.8 Å². The lowest BCUT2D eigenvalue weighted by Crippen LogP contribution is -2.35. The largest absolute Gasteiger partial charge is 0.495 e. The van der Waals surface area contributed by atoms with E-state index in [0.29, 0.717) is 30.2 Å². The fourth-order valence-corrected chi connectivity index (χ4v) is 4.75. The summed E-state index contributed by atoms with van der Waals surface area (Å²) in [6.07, 6.45) is 4.23. The van der Waals surface area contributed by atoms with Crippen molar-refractivity contribution in [1.29, 1.82) is 0 Å². The molecule has 1 saturated heterocycles. The number of nitrogens with one attached hydrogen (secondary N) is 1. The van der Waals surface area contributed by atoms with Crippen LogP contribution in [0.4, 0.5) is 11.4 Å². The van der Waals surface area contributed by atoms with Gasteiger partial charge in [0.1, 0.15) is 16.3 Å². The average Bonchev–Trinajstić information content (AvgIpc) is 3.05. The van der Waals surface area contributed by atoms with Crippen molar-refractivity contribution in [1.82, 2.24) is 8.87 Å². The number of hydrogen-bond donors (Lipinski definition) is 2. The van der Waals surface area contributed by atoms with E-state index in [0.717, 1.165) is 19.3 Å². The van der Waals surface area contributed by atoms with Crippen LogP contribution in [0.3, 0.4) is 0 Å². The number of aromatic nitrogens is 1. The fraction of sp³-hybridized carbons (Fsp3) is 0.389. The first-order valence-corrected chi connectivity index (χ1v) is 10.2. The Morgan fingerprint density at radius 3 is 2.46 bits per heavy atom. The van der Waals surface area contributed by atoms with Crippen molar-refractivity contribution in [3.63, 3.8) is 0 Å². The zero-order valence-electron chi connectivity index (χ0n) is 15.8. The number of sulfonamides is 1. The van der Waals surface area contributed by atoms with Crippen molar-refractivity contribution < 1.29 is 17.9 Å². The minimum absolute atomic E-state index is 0. The minimum atomic E-state index is -3.59. The summed E-state index contributed by atoms with van der Waals surface area (Å²) in [4.78, 5) is 12.7. The van der Waals surface area contributed by atoms with Crippen LogP contribution in [0.25, 0.3) is 0 Å². The van der Waals surface area contributed by atoms with E-state index >= 15 is 0 Å². The summed E-state index contributed by atoms with van der Waals surface area (Å²) >= 11 is 0. The van der Waals surface area contributed by atoms with E-state index in [1.54, 1.807) is 25.2 Å². The van der Waals surface area contributed by atoms with Crippen LogP contribution in [0.1, 0.15) is 29.8 Å². The molecule has 154 valence electrons. The van der Waals surface area contributed by atoms with Gasteiger partial charge in [-0.1, -0.05) is 6.42 Å². The number of methoxy groups -OCH3 is 1. The summed E-state index contributed by atoms with van der Waals surface area (Å²) in [7, 11) is -0.432. The van der Waals surface area contributed by atoms with E-state index in [-0.39, 0.29) is 23.0 Å². The number of amides is 1. The lowest BCUT2D eigenvalue weighted by atomic mass is 10.2. The van der Waals surface area contributed by atoms with E-state index in [9.17, 15) is 13.2 Å². The molecule has 0 saturated carbocycles. The van der Waals surface area contributed by atoms with E-state index in [1.807, 2.05) is 0 Å². The molecular weight excluding hydrogens is 404 g/mol. The van der Waals surface area contributed by atoms with Crippen molar-refractivity contribution in [2.75, 3.05) is 31.2 Å². The first kappa shape index (κ1) is 22.1. The fourth-order valence-electron chi connectivity index (χ4n) is 3.16. The molecule has 10 heteroatoms. The van der Waals surface area contributed by atoms with Crippen LogP contribution in [0.15, 0.2) is 35.4 Å². The number of piperidine rings is 1. The summed E-state index contributed by atoms with van der Waals surface area (Å²) in [5.41, 5.74) is 7.00. The number of aryl methyl sites for hydroxylation is 1. The molecule has 1 amide bonds. The topological polar surface area (TPSA) is 107 Å². The summed E-state index contributed by atoms with van der Waals surface area (Å²) in [6.45, 7) is 1.04. The number of nitrogen functional groups attached to an aromatic ring is 1. The summed E-state index contributed by atoms with van der Waals surface area (Å²) in [5, 5.41) is 2.73. The van der Waals surface area contributed by atoms with Crippen LogP contribution in [-0.2, 0) is 17.1 Å². The number of carbonyl (C=O) groups is 1. The molecular formula is C18H25ClN4O4S. The molecule has 2 heterocycles. The molecule has 0 atom stereocenters. The normalized spacial score (nSPS) is 14.9. The maximum Gasteiger partial charge on any atom is 0.272 e. The van der Waals surface area contributed by atoms with Crippen LogP contribution >= 0.6 is 12.4 Å². The Kier molecular flexibility index (Phi) is 6.97. The molecule has 1 fully saturated rings. The molecule has 0 spiro atoms. The van der Waals surface area contributed by atoms with Gasteiger partial charge in [0, 0.05) is 32.0 Å². The zero-order chi connectivity index (χ0) is 19.6. The summed E-state index contributed by atoms with van der Waals surface area (Å²) in [6, 6.07) is 6.32. The van der Waals surface area contributed by atoms with Crippen molar-refractivity contribution >= 4 is 39.7 Å². The van der Waals surface area contributed by atoms with Gasteiger partial charge in [0.05, 0.1) is 12.8 Å². The van der Waals surface area contributed by atoms with Gasteiger partial charge in [-0.15, -0.1) is 12.4 Å². The number of halogens is 1. The zero-order valence-corrected chi connectivity index (χ0v) is 17.5. The second-order valence-corrected chi connectivity index (χ2v) is 8.49. The SMILES string of the molecule is COc1ccc(NC(=O)c2cc(S(=O)(=O)N3CCCCC3)cn2C)cc1N.Cl. The van der Waals surface area contributed by atoms with Crippen molar-refractivity contribution in [2.24, 2.45) is 7.05 Å². The molecule has 1 aromatic carbocycles. The third kappa shape index (κ3) is 4.43. The molecule has 1 aromatic heterocycles. The van der Waals surface area contributed by atoms with Crippen molar-refractivity contribution in [3.05, 3.63) is 36.2 Å². The molecule has 2 aromatic rings. The monoisotopic (exact) mass is 428 g/mol. The van der Waals surface area contributed by atoms with E-state index in [2.05, 4.69) is 5.32 Å². The first-order chi connectivity index (χ1) is 12.8. The quantitative estimate of drug-likeness (QED) is 0.711. The van der Waals surface area contributed by atoms with Gasteiger partial charge in [-0.05, 0) is 37.1 Å². The smallest absolute Gasteiger partial charge is 0.272 e. The van der Waals surface area contributed by atoms with Crippen LogP contribution in [-0.4, -0.2) is 43.4 Å². The van der Waals surface area contributed by atoms with Gasteiger partial charge in [0.25, 0.3) is 5.91 Å². The molecule has 0 aliphatic carbocycles. The van der Waals surface area contributed by atoms with Gasteiger partial charge in [-0.3, -0.25) is 4.79 Å². The Morgan fingerprint density at radius 1 is 1.18 bits per heavy atom. The number of benzene rings is 1. The maximum absolute atomic E-state index is 12.8. The first-order valence-electron chi connectivity index (χ1n) is 8.74. The lowest BCUT2D eigenvalue weighted by molar-refractivity contribution is 0.101. The Balaban J connectivity index is 0.00000280. The number of nitrogens with zero attached hydrogens (tertiary/aromatic N) is 2. The predicted octanol–water partition coefficient (Wildman–Crippen LogP) is 2.46. The Morgan fingerprint density at radius 2 is 1.86 bits per heavy atom. The van der Waals surface area contributed by atoms with Gasteiger partial charge in [-0.25, -0.2) is 8.42 Å². The summed E-state index contributed by atoms with van der Waals surface area (Å²) < 4.78 is 33.7. The standard InChI is InChI=1S/C18H24N4O4S.ClH/c1-21-12-14(27(24,25)22-8-4-3-5-9-22)11-16(21)18(23)20-13-6-7-17(26-2)15(19)10-13;/h6-7,10-12H,3-5,8-9,19H2,1-2H3,(H,20,23);1H. The molecule has 28 heavy (non-hydrogen) atoms. The van der Waals surface area contributed by atoms with Crippen molar-refractivity contribution in [2.45, 2.75) is 24.2 Å². The molecule has 0 bridgehead atoms. The van der Waals surface area contributed by atoms with E-state index in [1.165, 1.54) is 28.2 Å². The third-order valence-corrected chi connectivity index (χ3v) is 6.52. The lowest BCUT2D eigenvalue weighted by Gasteiger charge is -2.25. The molecule has 3 N–H and O–H groups in total. The number of nitrogens with two attached hydrogens (primary N) is 1.